The average molecular weight is 351 g/mol. The van der Waals surface area contributed by atoms with E-state index in [1.54, 1.807) is 6.07 Å². The molecule has 0 aliphatic heterocycles. The summed E-state index contributed by atoms with van der Waals surface area (Å²) < 4.78 is 23.3. The summed E-state index contributed by atoms with van der Waals surface area (Å²) in [5.74, 6) is -1.70. The normalized spacial score (nSPS) is 11.5. The minimum Gasteiger partial charge on any atom is -0.478 e. The summed E-state index contributed by atoms with van der Waals surface area (Å²) in [6.45, 7) is 3.87. The summed E-state index contributed by atoms with van der Waals surface area (Å²) in [5.41, 5.74) is 0.726. The van der Waals surface area contributed by atoms with Crippen LogP contribution in [0, 0.1) is 0 Å². The van der Waals surface area contributed by atoms with E-state index in [-0.39, 0.29) is 27.8 Å². The molecule has 0 spiro atoms. The minimum absolute atomic E-state index is 0.0643. The van der Waals surface area contributed by atoms with Gasteiger partial charge in [-0.2, -0.15) is 5.10 Å². The second kappa shape index (κ2) is 6.44. The number of nitrogens with zero attached hydrogens (tertiary/aromatic N) is 1. The molecule has 1 amide bonds. The first-order valence-corrected chi connectivity index (χ1v) is 8.92. The summed E-state index contributed by atoms with van der Waals surface area (Å²) in [6, 6.07) is 5.01. The summed E-state index contributed by atoms with van der Waals surface area (Å²) in [6.07, 6.45) is 0.961. The van der Waals surface area contributed by atoms with Crippen molar-refractivity contribution in [2.75, 3.05) is 11.6 Å². The van der Waals surface area contributed by atoms with Crippen LogP contribution in [0.1, 0.15) is 46.3 Å². The Labute approximate surface area is 138 Å². The number of aromatic nitrogens is 2. The highest BCUT2D eigenvalue weighted by molar-refractivity contribution is 7.90. The van der Waals surface area contributed by atoms with Crippen LogP contribution in [0.25, 0.3) is 0 Å². The van der Waals surface area contributed by atoms with Gasteiger partial charge in [0.05, 0.1) is 10.5 Å². The zero-order chi connectivity index (χ0) is 18.1. The van der Waals surface area contributed by atoms with E-state index in [0.717, 1.165) is 18.0 Å². The lowest BCUT2D eigenvalue weighted by molar-refractivity contribution is 0.0696. The number of H-pyrrole nitrogens is 1. The number of aromatic carboxylic acids is 1. The monoisotopic (exact) mass is 351 g/mol. The van der Waals surface area contributed by atoms with Gasteiger partial charge >= 0.3 is 5.97 Å². The van der Waals surface area contributed by atoms with Gasteiger partial charge in [0.15, 0.2) is 15.5 Å². The molecule has 2 rings (SSSR count). The number of sulfone groups is 1. The molecule has 24 heavy (non-hydrogen) atoms. The maximum atomic E-state index is 12.2. The van der Waals surface area contributed by atoms with Crippen LogP contribution in [-0.2, 0) is 9.84 Å². The first-order chi connectivity index (χ1) is 11.1. The lowest BCUT2D eigenvalue weighted by atomic mass is 10.1. The van der Waals surface area contributed by atoms with Crippen molar-refractivity contribution in [2.45, 2.75) is 24.7 Å². The Morgan fingerprint density at radius 3 is 2.38 bits per heavy atom. The van der Waals surface area contributed by atoms with Crippen LogP contribution in [0.4, 0.5) is 5.69 Å². The lowest BCUT2D eigenvalue weighted by Crippen LogP contribution is -2.14. The zero-order valence-electron chi connectivity index (χ0n) is 13.3. The molecule has 2 aromatic rings. The number of carbonyl (C=O) groups excluding carboxylic acids is 1. The molecule has 1 aromatic heterocycles. The number of aromatic amines is 1. The molecule has 0 unspecified atom stereocenters. The first kappa shape index (κ1) is 17.7. The fourth-order valence-corrected chi connectivity index (χ4v) is 2.63. The zero-order valence-corrected chi connectivity index (χ0v) is 14.1. The molecular weight excluding hydrogens is 334 g/mol. The van der Waals surface area contributed by atoms with Gasteiger partial charge in [0.25, 0.3) is 5.91 Å². The predicted octanol–water partition coefficient (Wildman–Crippen LogP) is 1.89. The van der Waals surface area contributed by atoms with Crippen molar-refractivity contribution in [3.63, 3.8) is 0 Å². The smallest absolute Gasteiger partial charge is 0.335 e. The Morgan fingerprint density at radius 1 is 1.21 bits per heavy atom. The largest absolute Gasteiger partial charge is 0.478 e. The van der Waals surface area contributed by atoms with E-state index in [0.29, 0.717) is 0 Å². The molecule has 0 bridgehead atoms. The minimum atomic E-state index is -3.63. The number of benzene rings is 1. The molecule has 0 aliphatic carbocycles. The van der Waals surface area contributed by atoms with Crippen LogP contribution in [0.2, 0.25) is 0 Å². The molecule has 0 atom stereocenters. The highest BCUT2D eigenvalue weighted by Crippen LogP contribution is 2.20. The van der Waals surface area contributed by atoms with Crippen molar-refractivity contribution >= 4 is 27.4 Å². The first-order valence-electron chi connectivity index (χ1n) is 7.03. The van der Waals surface area contributed by atoms with Crippen molar-refractivity contribution in [2.24, 2.45) is 0 Å². The number of carbonyl (C=O) groups is 2. The maximum Gasteiger partial charge on any atom is 0.335 e. The standard InChI is InChI=1S/C15H17N3O5S/c1-8(2)12-7-13(18-17-12)14(19)16-10-4-9(15(20)21)5-11(6-10)24(3,22)23/h4-8H,1-3H3,(H,16,19)(H,17,18)(H,20,21). The number of hydrogen-bond acceptors (Lipinski definition) is 5. The number of hydrogen-bond donors (Lipinski definition) is 3. The van der Waals surface area contributed by atoms with Gasteiger partial charge in [-0.1, -0.05) is 13.8 Å². The van der Waals surface area contributed by atoms with Crippen molar-refractivity contribution in [3.8, 4) is 0 Å². The number of rotatable bonds is 5. The lowest BCUT2D eigenvalue weighted by Gasteiger charge is -2.07. The number of carboxylic acid groups (broad SMARTS) is 1. The quantitative estimate of drug-likeness (QED) is 0.754. The Balaban J connectivity index is 2.35. The van der Waals surface area contributed by atoms with Gasteiger partial charge in [-0.05, 0) is 30.2 Å². The SMILES string of the molecule is CC(C)c1cc(C(=O)Nc2cc(C(=O)O)cc(S(C)(=O)=O)c2)n[nH]1. The van der Waals surface area contributed by atoms with Gasteiger partial charge in [0, 0.05) is 17.6 Å². The molecule has 128 valence electrons. The van der Waals surface area contributed by atoms with Crippen LogP contribution in [0.5, 0.6) is 0 Å². The van der Waals surface area contributed by atoms with Crippen molar-refractivity contribution in [1.29, 1.82) is 0 Å². The van der Waals surface area contributed by atoms with Gasteiger partial charge < -0.3 is 10.4 Å². The molecule has 0 radical (unpaired) electrons. The molecule has 0 saturated heterocycles. The highest BCUT2D eigenvalue weighted by atomic mass is 32.2. The number of amides is 1. The molecule has 1 aromatic carbocycles. The molecule has 0 aliphatic rings. The Hall–Kier alpha value is -2.68. The number of nitrogens with one attached hydrogen (secondary N) is 2. The van der Waals surface area contributed by atoms with Crippen molar-refractivity contribution in [1.82, 2.24) is 10.2 Å². The van der Waals surface area contributed by atoms with Gasteiger partial charge in [-0.25, -0.2) is 13.2 Å². The van der Waals surface area contributed by atoms with Crippen LogP contribution in [-0.4, -0.2) is 41.9 Å². The van der Waals surface area contributed by atoms with E-state index in [1.807, 2.05) is 13.8 Å². The van der Waals surface area contributed by atoms with Crippen LogP contribution in [0.15, 0.2) is 29.2 Å². The topological polar surface area (TPSA) is 129 Å². The fourth-order valence-electron chi connectivity index (χ4n) is 1.95. The highest BCUT2D eigenvalue weighted by Gasteiger charge is 2.17. The maximum absolute atomic E-state index is 12.2. The van der Waals surface area contributed by atoms with Crippen LogP contribution >= 0.6 is 0 Å². The van der Waals surface area contributed by atoms with Gasteiger partial charge in [0.2, 0.25) is 0 Å². The fraction of sp³-hybridized carbons (Fsp3) is 0.267. The summed E-state index contributed by atoms with van der Waals surface area (Å²) in [7, 11) is -3.63. The van der Waals surface area contributed by atoms with E-state index in [1.165, 1.54) is 12.1 Å². The summed E-state index contributed by atoms with van der Waals surface area (Å²) in [4.78, 5) is 23.2. The average Bonchev–Trinajstić information content (AvgIpc) is 2.96. The third kappa shape index (κ3) is 3.99. The van der Waals surface area contributed by atoms with Gasteiger partial charge in [-0.15, -0.1) is 0 Å². The van der Waals surface area contributed by atoms with E-state index in [2.05, 4.69) is 15.5 Å². The van der Waals surface area contributed by atoms with E-state index in [4.69, 9.17) is 5.11 Å². The van der Waals surface area contributed by atoms with Crippen LogP contribution < -0.4 is 5.32 Å². The molecule has 0 fully saturated rings. The Morgan fingerprint density at radius 2 is 1.88 bits per heavy atom. The van der Waals surface area contributed by atoms with E-state index in [9.17, 15) is 18.0 Å². The summed E-state index contributed by atoms with van der Waals surface area (Å²) >= 11 is 0. The summed E-state index contributed by atoms with van der Waals surface area (Å²) in [5, 5.41) is 18.2. The third-order valence-electron chi connectivity index (χ3n) is 3.29. The molecule has 9 heteroatoms. The molecule has 3 N–H and O–H groups in total. The second-order valence-corrected chi connectivity index (χ2v) is 7.66. The molecule has 0 saturated carbocycles. The van der Waals surface area contributed by atoms with Crippen molar-refractivity contribution < 1.29 is 23.1 Å². The van der Waals surface area contributed by atoms with E-state index >= 15 is 0 Å². The van der Waals surface area contributed by atoms with E-state index < -0.39 is 21.7 Å². The number of carboxylic acids is 1. The predicted molar refractivity (Wildman–Crippen MR) is 87.1 cm³/mol. The Kier molecular flexibility index (Phi) is 4.74. The third-order valence-corrected chi connectivity index (χ3v) is 4.38. The second-order valence-electron chi connectivity index (χ2n) is 5.64. The van der Waals surface area contributed by atoms with Crippen LogP contribution in [0.3, 0.4) is 0 Å². The number of anilines is 1. The molecular formula is C15H17N3O5S. The van der Waals surface area contributed by atoms with Gasteiger partial charge in [0.1, 0.15) is 0 Å². The Bertz CT molecular complexity index is 900. The molecule has 8 nitrogen and oxygen atoms in total. The molecule has 1 heterocycles. The van der Waals surface area contributed by atoms with Gasteiger partial charge in [-0.3, -0.25) is 9.89 Å². The van der Waals surface area contributed by atoms with Crippen molar-refractivity contribution in [3.05, 3.63) is 41.2 Å².